The number of nitrogen functional groups attached to an aromatic ring is 1. The van der Waals surface area contributed by atoms with Gasteiger partial charge in [0.15, 0.2) is 0 Å². The van der Waals surface area contributed by atoms with Crippen LogP contribution in [0.15, 0.2) is 12.6 Å². The second kappa shape index (κ2) is 16.9. The Morgan fingerprint density at radius 2 is 1.41 bits per heavy atom. The van der Waals surface area contributed by atoms with Gasteiger partial charge in [-0.15, -0.1) is 0 Å². The highest BCUT2D eigenvalue weighted by molar-refractivity contribution is 5.73. The largest absolute Gasteiger partial charge is 0.506 e. The number of benzene rings is 1. The van der Waals surface area contributed by atoms with Crippen molar-refractivity contribution in [2.24, 2.45) is 0 Å². The van der Waals surface area contributed by atoms with E-state index in [0.29, 0.717) is 58.5 Å². The van der Waals surface area contributed by atoms with Crippen molar-refractivity contribution in [2.45, 2.75) is 20.4 Å². The Balaban J connectivity index is 2.08. The van der Waals surface area contributed by atoms with E-state index in [1.54, 1.807) is 12.1 Å². The van der Waals surface area contributed by atoms with Crippen LogP contribution in [-0.4, -0.2) is 101 Å². The normalized spacial score (nSPS) is 11.6. The van der Waals surface area contributed by atoms with E-state index in [9.17, 15) is 5.11 Å². The molecule has 0 aromatic heterocycles. The smallest absolute Gasteiger partial charge is 0.139 e. The molecule has 0 atom stereocenters. The van der Waals surface area contributed by atoms with Gasteiger partial charge in [0, 0.05) is 38.3 Å². The number of nitrogens with zero attached hydrogens (tertiary/aromatic N) is 2. The molecule has 0 bridgehead atoms. The molecule has 1 aromatic carbocycles. The molecule has 184 valence electrons. The molecule has 1 rings (SSSR count). The topological polar surface area (TPSA) is 89.7 Å². The molecule has 0 unspecified atom stereocenters. The average Bonchev–Trinajstić information content (AvgIpc) is 2.76. The summed E-state index contributed by atoms with van der Waals surface area (Å²) in [5.41, 5.74) is 9.16. The quantitative estimate of drug-likeness (QED) is 0.187. The Morgan fingerprint density at radius 1 is 0.906 bits per heavy atom. The van der Waals surface area contributed by atoms with Crippen molar-refractivity contribution < 1.29 is 24.1 Å². The molecule has 3 N–H and O–H groups in total. The Labute approximate surface area is 193 Å². The highest BCUT2D eigenvalue weighted by atomic mass is 16.5. The van der Waals surface area contributed by atoms with Crippen molar-refractivity contribution in [3.63, 3.8) is 0 Å². The lowest BCUT2D eigenvalue weighted by Crippen LogP contribution is -2.28. The van der Waals surface area contributed by atoms with Crippen LogP contribution in [0.3, 0.4) is 0 Å². The SMILES string of the molecule is C=Cc1c(C)c(CN(C)CCOCCOCCN(C)CCOCCOCC)cc(O)c1N. The maximum Gasteiger partial charge on any atom is 0.139 e. The molecule has 8 heteroatoms. The maximum atomic E-state index is 10.0. The Bertz CT molecular complexity index is 657. The molecule has 0 radical (unpaired) electrons. The summed E-state index contributed by atoms with van der Waals surface area (Å²) in [7, 11) is 4.08. The third-order valence-corrected chi connectivity index (χ3v) is 5.21. The van der Waals surface area contributed by atoms with Crippen molar-refractivity contribution in [1.29, 1.82) is 0 Å². The first kappa shape index (κ1) is 28.4. The monoisotopic (exact) mass is 453 g/mol. The highest BCUT2D eigenvalue weighted by Gasteiger charge is 2.12. The molecule has 0 heterocycles. The van der Waals surface area contributed by atoms with Crippen molar-refractivity contribution in [3.05, 3.63) is 29.3 Å². The Kier molecular flexibility index (Phi) is 15.0. The van der Waals surface area contributed by atoms with E-state index in [-0.39, 0.29) is 5.75 Å². The van der Waals surface area contributed by atoms with E-state index in [1.165, 1.54) is 0 Å². The molecule has 32 heavy (non-hydrogen) atoms. The number of hydrogen-bond donors (Lipinski definition) is 2. The van der Waals surface area contributed by atoms with Gasteiger partial charge >= 0.3 is 0 Å². The van der Waals surface area contributed by atoms with Crippen LogP contribution in [0.25, 0.3) is 6.08 Å². The van der Waals surface area contributed by atoms with E-state index in [0.717, 1.165) is 42.9 Å². The zero-order chi connectivity index (χ0) is 23.8. The summed E-state index contributed by atoms with van der Waals surface area (Å²) in [6.07, 6.45) is 1.69. The van der Waals surface area contributed by atoms with Crippen LogP contribution in [0.2, 0.25) is 0 Å². The predicted molar refractivity (Wildman–Crippen MR) is 130 cm³/mol. The summed E-state index contributed by atoms with van der Waals surface area (Å²) in [4.78, 5) is 4.34. The third kappa shape index (κ3) is 11.3. The number of nitrogens with two attached hydrogens (primary N) is 1. The molecule has 0 spiro atoms. The van der Waals surface area contributed by atoms with E-state index < -0.39 is 0 Å². The maximum absolute atomic E-state index is 10.0. The second-order valence-corrected chi connectivity index (χ2v) is 7.79. The van der Waals surface area contributed by atoms with Gasteiger partial charge in [-0.2, -0.15) is 0 Å². The number of hydrogen-bond acceptors (Lipinski definition) is 8. The van der Waals surface area contributed by atoms with Gasteiger partial charge in [-0.05, 0) is 45.1 Å². The van der Waals surface area contributed by atoms with E-state index in [4.69, 9.17) is 24.7 Å². The zero-order valence-electron chi connectivity index (χ0n) is 20.4. The lowest BCUT2D eigenvalue weighted by atomic mass is 9.99. The molecule has 0 aliphatic carbocycles. The van der Waals surface area contributed by atoms with E-state index >= 15 is 0 Å². The minimum atomic E-state index is 0.0991. The third-order valence-electron chi connectivity index (χ3n) is 5.21. The van der Waals surface area contributed by atoms with Gasteiger partial charge in [0.25, 0.3) is 0 Å². The first-order valence-corrected chi connectivity index (χ1v) is 11.3. The Morgan fingerprint density at radius 3 is 1.91 bits per heavy atom. The van der Waals surface area contributed by atoms with Crippen molar-refractivity contribution >= 4 is 11.8 Å². The molecule has 0 saturated carbocycles. The van der Waals surface area contributed by atoms with Gasteiger partial charge < -0.3 is 34.7 Å². The first-order chi connectivity index (χ1) is 15.4. The van der Waals surface area contributed by atoms with Crippen LogP contribution in [0.4, 0.5) is 5.69 Å². The molecule has 0 fully saturated rings. The molecule has 0 aliphatic rings. The standard InChI is InChI=1S/C24H43N3O5/c1-6-22-20(3)21(18-23(28)24(22)25)19-27(5)10-13-32-17-16-31-12-9-26(4)8-11-30-15-14-29-7-2/h6,18,28H,1,7-17,19,25H2,2-5H3. The van der Waals surface area contributed by atoms with Crippen LogP contribution in [0, 0.1) is 6.92 Å². The van der Waals surface area contributed by atoms with Gasteiger partial charge in [0.2, 0.25) is 0 Å². The number of rotatable bonds is 19. The number of phenolic OH excluding ortho intramolecular Hbond substituents is 1. The number of aromatic hydroxyl groups is 1. The summed E-state index contributed by atoms with van der Waals surface area (Å²) >= 11 is 0. The van der Waals surface area contributed by atoms with E-state index in [2.05, 4.69) is 23.4 Å². The van der Waals surface area contributed by atoms with Crippen LogP contribution >= 0.6 is 0 Å². The fourth-order valence-electron chi connectivity index (χ4n) is 3.12. The van der Waals surface area contributed by atoms with Crippen molar-refractivity contribution in [1.82, 2.24) is 9.80 Å². The van der Waals surface area contributed by atoms with Gasteiger partial charge in [-0.3, -0.25) is 4.90 Å². The van der Waals surface area contributed by atoms with Crippen LogP contribution in [0.1, 0.15) is 23.6 Å². The van der Waals surface area contributed by atoms with Gasteiger partial charge in [-0.1, -0.05) is 12.7 Å². The fourth-order valence-corrected chi connectivity index (χ4v) is 3.12. The number of ether oxygens (including phenoxy) is 4. The summed E-state index contributed by atoms with van der Waals surface area (Å²) < 4.78 is 22.1. The summed E-state index contributed by atoms with van der Waals surface area (Å²) in [5.74, 6) is 0.0991. The summed E-state index contributed by atoms with van der Waals surface area (Å²) in [5, 5.41) is 10.0. The Hall–Kier alpha value is -1.68. The summed E-state index contributed by atoms with van der Waals surface area (Å²) in [6.45, 7) is 16.1. The number of phenols is 1. The van der Waals surface area contributed by atoms with Crippen LogP contribution in [0.5, 0.6) is 5.75 Å². The number of likely N-dealkylation sites (N-methyl/N-ethyl adjacent to an activating group) is 2. The minimum absolute atomic E-state index is 0.0991. The predicted octanol–water partition coefficient (Wildman–Crippen LogP) is 2.38. The van der Waals surface area contributed by atoms with Crippen LogP contribution in [-0.2, 0) is 25.5 Å². The number of anilines is 1. The average molecular weight is 454 g/mol. The molecule has 8 nitrogen and oxygen atoms in total. The minimum Gasteiger partial charge on any atom is -0.506 e. The molecule has 0 aliphatic heterocycles. The fraction of sp³-hybridized carbons (Fsp3) is 0.667. The first-order valence-electron chi connectivity index (χ1n) is 11.3. The highest BCUT2D eigenvalue weighted by Crippen LogP contribution is 2.31. The molecule has 0 amide bonds. The van der Waals surface area contributed by atoms with Gasteiger partial charge in [0.1, 0.15) is 5.75 Å². The van der Waals surface area contributed by atoms with Gasteiger partial charge in [-0.25, -0.2) is 0 Å². The van der Waals surface area contributed by atoms with Crippen molar-refractivity contribution in [2.75, 3.05) is 92.3 Å². The molecule has 0 saturated heterocycles. The van der Waals surface area contributed by atoms with E-state index in [1.807, 2.05) is 20.9 Å². The second-order valence-electron chi connectivity index (χ2n) is 7.79. The molecular weight excluding hydrogens is 410 g/mol. The van der Waals surface area contributed by atoms with Crippen LogP contribution < -0.4 is 5.73 Å². The lowest BCUT2D eigenvalue weighted by Gasteiger charge is -2.20. The summed E-state index contributed by atoms with van der Waals surface area (Å²) in [6, 6.07) is 1.73. The molecule has 1 aromatic rings. The van der Waals surface area contributed by atoms with Gasteiger partial charge in [0.05, 0.1) is 51.9 Å². The lowest BCUT2D eigenvalue weighted by molar-refractivity contribution is 0.0262. The zero-order valence-corrected chi connectivity index (χ0v) is 20.4. The molecular formula is C24H43N3O5. The van der Waals surface area contributed by atoms with Crippen molar-refractivity contribution in [3.8, 4) is 5.75 Å².